The lowest BCUT2D eigenvalue weighted by Gasteiger charge is -2.07. The number of amides is 1. The van der Waals surface area contributed by atoms with Crippen LogP contribution in [0.4, 0.5) is 5.69 Å². The summed E-state index contributed by atoms with van der Waals surface area (Å²) in [6.07, 6.45) is 1.66. The van der Waals surface area contributed by atoms with Crippen molar-refractivity contribution >= 4 is 23.3 Å². The van der Waals surface area contributed by atoms with Crippen molar-refractivity contribution in [2.45, 2.75) is 0 Å². The highest BCUT2D eigenvalue weighted by atomic mass is 16.4. The molecule has 0 heterocycles. The van der Waals surface area contributed by atoms with Gasteiger partial charge in [0.15, 0.2) is 5.78 Å². The number of ketones is 1. The van der Waals surface area contributed by atoms with Crippen LogP contribution in [-0.2, 0) is 9.59 Å². The number of aliphatic carboxylic acids is 1. The fraction of sp³-hybridized carbons (Fsp3) is 0. The molecule has 0 bridgehead atoms. The molecule has 0 aliphatic heterocycles. The maximum atomic E-state index is 12.5. The highest BCUT2D eigenvalue weighted by Gasteiger charge is 2.28. The monoisotopic (exact) mass is 293 g/mol. The summed E-state index contributed by atoms with van der Waals surface area (Å²) in [4.78, 5) is 34.6. The lowest BCUT2D eigenvalue weighted by atomic mass is 10.0. The maximum Gasteiger partial charge on any atom is 0.328 e. The molecule has 3 rings (SSSR count). The Balaban J connectivity index is 1.99. The Morgan fingerprint density at radius 2 is 1.59 bits per heavy atom. The third-order valence-electron chi connectivity index (χ3n) is 3.39. The summed E-state index contributed by atoms with van der Waals surface area (Å²) in [7, 11) is 0. The van der Waals surface area contributed by atoms with E-state index in [0.717, 1.165) is 23.3 Å². The fourth-order valence-electron chi connectivity index (χ4n) is 2.50. The molecule has 0 aromatic heterocycles. The fourth-order valence-corrected chi connectivity index (χ4v) is 2.50. The van der Waals surface area contributed by atoms with Crippen molar-refractivity contribution in [3.05, 3.63) is 65.7 Å². The number of carbonyl (C=O) groups excluding carboxylic acids is 2. The van der Waals surface area contributed by atoms with Gasteiger partial charge in [0.05, 0.1) is 11.3 Å². The minimum Gasteiger partial charge on any atom is -0.478 e. The van der Waals surface area contributed by atoms with Crippen LogP contribution in [0.15, 0.2) is 54.6 Å². The van der Waals surface area contributed by atoms with E-state index >= 15 is 0 Å². The lowest BCUT2D eigenvalue weighted by molar-refractivity contribution is -0.131. The molecule has 1 amide bonds. The molecule has 5 heteroatoms. The zero-order valence-corrected chi connectivity index (χ0v) is 11.4. The van der Waals surface area contributed by atoms with Gasteiger partial charge in [-0.3, -0.25) is 9.59 Å². The number of hydrogen-bond donors (Lipinski definition) is 2. The van der Waals surface area contributed by atoms with Crippen LogP contribution >= 0.6 is 0 Å². The average molecular weight is 293 g/mol. The van der Waals surface area contributed by atoms with Crippen LogP contribution in [-0.4, -0.2) is 22.8 Å². The average Bonchev–Trinajstić information content (AvgIpc) is 2.80. The first-order valence-electron chi connectivity index (χ1n) is 6.57. The van der Waals surface area contributed by atoms with E-state index in [0.29, 0.717) is 16.8 Å². The second-order valence-corrected chi connectivity index (χ2v) is 4.76. The molecule has 22 heavy (non-hydrogen) atoms. The molecular weight excluding hydrogens is 282 g/mol. The number of rotatable bonds is 3. The van der Waals surface area contributed by atoms with Crippen molar-refractivity contribution in [2.75, 3.05) is 5.32 Å². The van der Waals surface area contributed by atoms with Crippen LogP contribution < -0.4 is 5.32 Å². The van der Waals surface area contributed by atoms with Gasteiger partial charge in [0.1, 0.15) is 0 Å². The number of carboxylic acid groups (broad SMARTS) is 1. The quantitative estimate of drug-likeness (QED) is 0.727. The third-order valence-corrected chi connectivity index (χ3v) is 3.39. The van der Waals surface area contributed by atoms with Crippen LogP contribution in [0.25, 0.3) is 11.1 Å². The van der Waals surface area contributed by atoms with Gasteiger partial charge < -0.3 is 10.4 Å². The number of hydrogen-bond acceptors (Lipinski definition) is 3. The van der Waals surface area contributed by atoms with Crippen LogP contribution in [0.5, 0.6) is 0 Å². The number of fused-ring (bicyclic) bond motifs is 3. The van der Waals surface area contributed by atoms with E-state index in [1.54, 1.807) is 24.3 Å². The molecule has 5 nitrogen and oxygen atoms in total. The first-order chi connectivity index (χ1) is 10.6. The molecule has 1 aliphatic carbocycles. The summed E-state index contributed by atoms with van der Waals surface area (Å²) in [5.74, 6) is -1.96. The van der Waals surface area contributed by atoms with Gasteiger partial charge >= 0.3 is 5.97 Å². The molecule has 0 spiro atoms. The molecule has 0 atom stereocenters. The Kier molecular flexibility index (Phi) is 3.31. The van der Waals surface area contributed by atoms with Crippen molar-refractivity contribution in [3.63, 3.8) is 0 Å². The second-order valence-electron chi connectivity index (χ2n) is 4.76. The van der Waals surface area contributed by atoms with Crippen LogP contribution in [0, 0.1) is 0 Å². The summed E-state index contributed by atoms with van der Waals surface area (Å²) in [6, 6.07) is 12.4. The number of carbonyl (C=O) groups is 3. The first-order valence-corrected chi connectivity index (χ1v) is 6.57. The Morgan fingerprint density at radius 3 is 2.32 bits per heavy atom. The van der Waals surface area contributed by atoms with E-state index in [-0.39, 0.29) is 5.78 Å². The predicted octanol–water partition coefficient (Wildman–Crippen LogP) is 2.48. The number of anilines is 1. The Hall–Kier alpha value is -3.21. The van der Waals surface area contributed by atoms with Crippen molar-refractivity contribution in [1.29, 1.82) is 0 Å². The van der Waals surface area contributed by atoms with E-state index in [4.69, 9.17) is 5.11 Å². The molecule has 0 saturated carbocycles. The zero-order valence-electron chi connectivity index (χ0n) is 11.4. The van der Waals surface area contributed by atoms with Gasteiger partial charge in [-0.1, -0.05) is 36.4 Å². The highest BCUT2D eigenvalue weighted by molar-refractivity contribution is 6.25. The van der Waals surface area contributed by atoms with Gasteiger partial charge in [-0.2, -0.15) is 0 Å². The molecule has 108 valence electrons. The van der Waals surface area contributed by atoms with E-state index in [1.165, 1.54) is 0 Å². The van der Waals surface area contributed by atoms with Gasteiger partial charge in [0.25, 0.3) is 0 Å². The van der Waals surface area contributed by atoms with Gasteiger partial charge in [-0.25, -0.2) is 4.79 Å². The Bertz CT molecular complexity index is 836. The Labute approximate surface area is 125 Å². The summed E-state index contributed by atoms with van der Waals surface area (Å²) >= 11 is 0. The minimum atomic E-state index is -1.21. The molecule has 1 aliphatic rings. The molecule has 0 saturated heterocycles. The third kappa shape index (κ3) is 2.29. The van der Waals surface area contributed by atoms with E-state index < -0.39 is 11.9 Å². The number of benzene rings is 2. The largest absolute Gasteiger partial charge is 0.478 e. The first kappa shape index (κ1) is 13.8. The van der Waals surface area contributed by atoms with Crippen molar-refractivity contribution in [3.8, 4) is 11.1 Å². The van der Waals surface area contributed by atoms with Gasteiger partial charge in [-0.15, -0.1) is 0 Å². The molecule has 2 N–H and O–H groups in total. The summed E-state index contributed by atoms with van der Waals surface area (Å²) in [5, 5.41) is 11.1. The number of nitrogens with one attached hydrogen (secondary N) is 1. The molecule has 2 aromatic carbocycles. The van der Waals surface area contributed by atoms with Crippen molar-refractivity contribution in [1.82, 2.24) is 0 Å². The normalized spacial score (nSPS) is 12.1. The second kappa shape index (κ2) is 5.29. The highest BCUT2D eigenvalue weighted by Crippen LogP contribution is 2.39. The van der Waals surface area contributed by atoms with E-state index in [2.05, 4.69) is 5.32 Å². The molecule has 0 unspecified atom stereocenters. The SMILES string of the molecule is O=C(O)/C=C\C(=O)Nc1cccc2c1C(=O)c1ccccc1-2. The maximum absolute atomic E-state index is 12.5. The molecule has 0 radical (unpaired) electrons. The van der Waals surface area contributed by atoms with E-state index in [9.17, 15) is 14.4 Å². The smallest absolute Gasteiger partial charge is 0.328 e. The van der Waals surface area contributed by atoms with Crippen molar-refractivity contribution in [2.24, 2.45) is 0 Å². The van der Waals surface area contributed by atoms with Gasteiger partial charge in [0.2, 0.25) is 5.91 Å². The van der Waals surface area contributed by atoms with Gasteiger partial charge in [0, 0.05) is 17.7 Å². The van der Waals surface area contributed by atoms with Crippen LogP contribution in [0.3, 0.4) is 0 Å². The van der Waals surface area contributed by atoms with E-state index in [1.807, 2.05) is 18.2 Å². The van der Waals surface area contributed by atoms with Crippen molar-refractivity contribution < 1.29 is 19.5 Å². The molecule has 2 aromatic rings. The summed E-state index contributed by atoms with van der Waals surface area (Å²) < 4.78 is 0. The standard InChI is InChI=1S/C17H11NO4/c19-14(8-9-15(20)21)18-13-7-3-6-11-10-4-1-2-5-12(10)17(22)16(11)13/h1-9H,(H,18,19)(H,20,21)/b9-8-. The van der Waals surface area contributed by atoms with Gasteiger partial charge in [-0.05, 0) is 17.2 Å². The van der Waals surface area contributed by atoms with Crippen LogP contribution in [0.2, 0.25) is 0 Å². The number of carboxylic acids is 1. The molecular formula is C17H11NO4. The zero-order chi connectivity index (χ0) is 15.7. The predicted molar refractivity (Wildman–Crippen MR) is 80.7 cm³/mol. The minimum absolute atomic E-state index is 0.149. The lowest BCUT2D eigenvalue weighted by Crippen LogP contribution is -2.12. The summed E-state index contributed by atoms with van der Waals surface area (Å²) in [5.41, 5.74) is 3.00. The summed E-state index contributed by atoms with van der Waals surface area (Å²) in [6.45, 7) is 0. The topological polar surface area (TPSA) is 83.5 Å². The van der Waals surface area contributed by atoms with Crippen LogP contribution in [0.1, 0.15) is 15.9 Å². The molecule has 0 fully saturated rings. The Morgan fingerprint density at radius 1 is 0.909 bits per heavy atom.